The van der Waals surface area contributed by atoms with E-state index in [1.165, 1.54) is 15.9 Å². The van der Waals surface area contributed by atoms with Crippen molar-refractivity contribution in [3.8, 4) is 11.5 Å². The molecule has 0 bridgehead atoms. The zero-order valence-electron chi connectivity index (χ0n) is 23.9. The van der Waals surface area contributed by atoms with Crippen molar-refractivity contribution in [2.45, 2.75) is 19.4 Å². The maximum absolute atomic E-state index is 6.41. The second-order valence-corrected chi connectivity index (χ2v) is 19.6. The fraction of sp³-hybridized carbons (Fsp3) is 0.0769. The van der Waals surface area contributed by atoms with Crippen LogP contribution in [-0.2, 0) is 19.4 Å². The summed E-state index contributed by atoms with van der Waals surface area (Å²) in [5.41, 5.74) is 3.38. The van der Waals surface area contributed by atoms with Gasteiger partial charge < -0.3 is 0 Å². The summed E-state index contributed by atoms with van der Waals surface area (Å²) in [7, 11) is 0. The average molecular weight is 646 g/mol. The van der Waals surface area contributed by atoms with Gasteiger partial charge in [0, 0.05) is 0 Å². The molecule has 0 amide bonds. The molecular formula is C39H34BrO2P. The van der Waals surface area contributed by atoms with E-state index in [0.717, 1.165) is 34.4 Å². The van der Waals surface area contributed by atoms with E-state index >= 15 is 0 Å². The third-order valence-corrected chi connectivity index (χ3v) is 17.3. The van der Waals surface area contributed by atoms with Gasteiger partial charge in [-0.3, -0.25) is 0 Å². The predicted molar refractivity (Wildman–Crippen MR) is 186 cm³/mol. The molecule has 4 heteroatoms. The molecule has 0 N–H and O–H groups in total. The monoisotopic (exact) mass is 644 g/mol. The zero-order chi connectivity index (χ0) is 29.4. The minimum absolute atomic E-state index is 0.483. The van der Waals surface area contributed by atoms with Crippen LogP contribution >= 0.6 is 20.8 Å². The molecule has 0 unspecified atom stereocenters. The molecule has 0 heterocycles. The van der Waals surface area contributed by atoms with Crippen molar-refractivity contribution in [3.63, 3.8) is 0 Å². The normalized spacial score (nSPS) is 12.2. The van der Waals surface area contributed by atoms with Gasteiger partial charge in [-0.05, 0) is 0 Å². The first-order valence-electron chi connectivity index (χ1n) is 14.5. The van der Waals surface area contributed by atoms with Crippen LogP contribution in [0.5, 0.6) is 11.5 Å². The molecule has 0 aliphatic rings. The van der Waals surface area contributed by atoms with Crippen molar-refractivity contribution in [1.82, 2.24) is 0 Å². The molecule has 0 aliphatic heterocycles. The van der Waals surface area contributed by atoms with Gasteiger partial charge >= 0.3 is 264 Å². The van der Waals surface area contributed by atoms with E-state index in [2.05, 4.69) is 143 Å². The average Bonchev–Trinajstić information content (AvgIpc) is 3.08. The first-order valence-corrected chi connectivity index (χ1v) is 18.9. The summed E-state index contributed by atoms with van der Waals surface area (Å²) in [6.45, 7) is 0.965. The minimum atomic E-state index is -3.21. The Hall–Kier alpha value is -4.17. The van der Waals surface area contributed by atoms with Crippen LogP contribution in [0.4, 0.5) is 0 Å². The van der Waals surface area contributed by atoms with Crippen LogP contribution in [0.15, 0.2) is 170 Å². The summed E-state index contributed by atoms with van der Waals surface area (Å²) in [4.78, 5) is 0. The van der Waals surface area contributed by atoms with Crippen molar-refractivity contribution >= 4 is 36.7 Å². The number of hydrogen-bond donors (Lipinski definition) is 0. The standard InChI is InChI=1S/C39H34BrO2P/c40-43(37-20-10-3-11-21-37,38-22-12-4-13-23-38,39-24-14-5-15-25-39)31-34-26-35(41-29-32-16-6-1-7-17-32)28-36(27-34)42-30-33-18-8-2-9-19-33/h1-28H,29-31H2. The van der Waals surface area contributed by atoms with Gasteiger partial charge in [0.1, 0.15) is 0 Å². The molecule has 0 spiro atoms. The van der Waals surface area contributed by atoms with Gasteiger partial charge in [0.15, 0.2) is 0 Å². The molecule has 0 atom stereocenters. The molecule has 0 aliphatic carbocycles. The molecule has 0 radical (unpaired) electrons. The number of halogens is 1. The Morgan fingerprint density at radius 2 is 0.721 bits per heavy atom. The van der Waals surface area contributed by atoms with Gasteiger partial charge in [-0.25, -0.2) is 0 Å². The first-order chi connectivity index (χ1) is 21.1. The van der Waals surface area contributed by atoms with Crippen LogP contribution in [-0.4, -0.2) is 0 Å². The molecule has 0 saturated carbocycles. The Bertz CT molecular complexity index is 1580. The van der Waals surface area contributed by atoms with Gasteiger partial charge in [-0.1, -0.05) is 0 Å². The van der Waals surface area contributed by atoms with Gasteiger partial charge in [-0.15, -0.1) is 0 Å². The molecule has 6 aromatic rings. The number of ether oxygens (including phenoxy) is 2. The van der Waals surface area contributed by atoms with Gasteiger partial charge in [0.2, 0.25) is 0 Å². The van der Waals surface area contributed by atoms with E-state index in [-0.39, 0.29) is 0 Å². The van der Waals surface area contributed by atoms with Crippen molar-refractivity contribution in [3.05, 3.63) is 187 Å². The molecule has 214 valence electrons. The Balaban J connectivity index is 1.48. The Morgan fingerprint density at radius 3 is 1.07 bits per heavy atom. The van der Waals surface area contributed by atoms with E-state index < -0.39 is 5.31 Å². The molecule has 0 fully saturated rings. The van der Waals surface area contributed by atoms with E-state index in [1.54, 1.807) is 0 Å². The fourth-order valence-electron chi connectivity index (χ4n) is 5.65. The third-order valence-electron chi connectivity index (χ3n) is 7.80. The molecular weight excluding hydrogens is 611 g/mol. The second-order valence-electron chi connectivity index (χ2n) is 10.7. The summed E-state index contributed by atoms with van der Waals surface area (Å²) >= 11 is 4.60. The van der Waals surface area contributed by atoms with E-state index in [9.17, 15) is 0 Å². The van der Waals surface area contributed by atoms with E-state index in [1.807, 2.05) is 42.5 Å². The molecule has 43 heavy (non-hydrogen) atoms. The zero-order valence-corrected chi connectivity index (χ0v) is 26.4. The SMILES string of the molecule is BrP(Cc1cc(OCc2ccccc2)cc(OCc2ccccc2)c1)(c1ccccc1)(c1ccccc1)c1ccccc1. The van der Waals surface area contributed by atoms with Crippen LogP contribution in [0.2, 0.25) is 0 Å². The second kappa shape index (κ2) is 13.0. The summed E-state index contributed by atoms with van der Waals surface area (Å²) in [5.74, 6) is 1.58. The fourth-order valence-corrected chi connectivity index (χ4v) is 13.3. The Labute approximate surface area is 262 Å². The van der Waals surface area contributed by atoms with Crippen molar-refractivity contribution < 1.29 is 9.47 Å². The molecule has 0 aromatic heterocycles. The number of hydrogen-bond acceptors (Lipinski definition) is 2. The van der Waals surface area contributed by atoms with Crippen molar-refractivity contribution in [2.24, 2.45) is 0 Å². The first kappa shape index (κ1) is 28.9. The van der Waals surface area contributed by atoms with Crippen LogP contribution in [0, 0.1) is 0 Å². The summed E-state index contributed by atoms with van der Waals surface area (Å²) in [6, 6.07) is 59.5. The predicted octanol–water partition coefficient (Wildman–Crippen LogP) is 9.18. The Morgan fingerprint density at radius 1 is 0.395 bits per heavy atom. The summed E-state index contributed by atoms with van der Waals surface area (Å²) in [6.07, 6.45) is 0.744. The topological polar surface area (TPSA) is 18.5 Å². The van der Waals surface area contributed by atoms with Crippen LogP contribution in [0.3, 0.4) is 0 Å². The molecule has 2 nitrogen and oxygen atoms in total. The van der Waals surface area contributed by atoms with Crippen LogP contribution in [0.25, 0.3) is 0 Å². The van der Waals surface area contributed by atoms with E-state index in [4.69, 9.17) is 9.47 Å². The Kier molecular flexibility index (Phi) is 8.74. The molecule has 6 rings (SSSR count). The third kappa shape index (κ3) is 6.30. The van der Waals surface area contributed by atoms with Gasteiger partial charge in [0.05, 0.1) is 0 Å². The van der Waals surface area contributed by atoms with E-state index in [0.29, 0.717) is 13.2 Å². The molecule has 6 aromatic carbocycles. The quantitative estimate of drug-likeness (QED) is 0.131. The van der Waals surface area contributed by atoms with Crippen molar-refractivity contribution in [2.75, 3.05) is 0 Å². The number of rotatable bonds is 11. The molecule has 0 saturated heterocycles. The summed E-state index contributed by atoms with van der Waals surface area (Å²) < 4.78 is 12.8. The van der Waals surface area contributed by atoms with Gasteiger partial charge in [0.25, 0.3) is 0 Å². The maximum atomic E-state index is 6.41. The van der Waals surface area contributed by atoms with Gasteiger partial charge in [-0.2, -0.15) is 0 Å². The van der Waals surface area contributed by atoms with Crippen molar-refractivity contribution in [1.29, 1.82) is 0 Å². The van der Waals surface area contributed by atoms with Crippen LogP contribution < -0.4 is 25.4 Å². The summed E-state index contributed by atoms with van der Waals surface area (Å²) in [5, 5.41) is 0.606. The van der Waals surface area contributed by atoms with Crippen LogP contribution in [0.1, 0.15) is 16.7 Å². The number of benzene rings is 6.